The van der Waals surface area contributed by atoms with Crippen LogP contribution >= 0.6 is 22.6 Å². The molecule has 8 heteroatoms. The van der Waals surface area contributed by atoms with Crippen LogP contribution in [-0.2, 0) is 4.79 Å². The van der Waals surface area contributed by atoms with E-state index in [-0.39, 0.29) is 11.8 Å². The molecule has 3 heterocycles. The van der Waals surface area contributed by atoms with E-state index in [0.717, 1.165) is 9.35 Å². The Hall–Kier alpha value is -1.68. The molecule has 1 aliphatic rings. The summed E-state index contributed by atoms with van der Waals surface area (Å²) >= 11 is 2.20. The number of aromatic nitrogens is 2. The van der Waals surface area contributed by atoms with Crippen LogP contribution in [0.4, 0.5) is 0 Å². The molecule has 0 unspecified atom stereocenters. The number of imidazole rings is 1. The van der Waals surface area contributed by atoms with Crippen molar-refractivity contribution in [2.75, 3.05) is 39.3 Å². The third-order valence-corrected chi connectivity index (χ3v) is 4.91. The lowest BCUT2D eigenvalue weighted by atomic mass is 10.2. The standard InChI is InChI=1S/C16H20IN5O2/c1-2-18-15(23)11-20-5-7-21(8-6-20)16(24)12-3-4-14-19-9-13(17)22(14)10-12/h3-4,9-10H,2,5-8,11H2,1H3,(H,18,23). The van der Waals surface area contributed by atoms with Crippen LogP contribution in [-0.4, -0.2) is 70.3 Å². The van der Waals surface area contributed by atoms with E-state index in [1.807, 2.05) is 34.6 Å². The van der Waals surface area contributed by atoms with Crippen LogP contribution in [0, 0.1) is 3.70 Å². The Kier molecular flexibility index (Phi) is 5.34. The highest BCUT2D eigenvalue weighted by molar-refractivity contribution is 14.1. The molecule has 0 atom stereocenters. The molecule has 2 aromatic rings. The molecule has 0 bridgehead atoms. The van der Waals surface area contributed by atoms with Crippen molar-refractivity contribution in [3.8, 4) is 0 Å². The van der Waals surface area contributed by atoms with E-state index < -0.39 is 0 Å². The number of amides is 2. The monoisotopic (exact) mass is 441 g/mol. The molecule has 0 radical (unpaired) electrons. The number of hydrogen-bond acceptors (Lipinski definition) is 4. The maximum atomic E-state index is 12.7. The average Bonchev–Trinajstić information content (AvgIpc) is 2.96. The summed E-state index contributed by atoms with van der Waals surface area (Å²) in [5, 5.41) is 2.80. The molecular weight excluding hydrogens is 421 g/mol. The van der Waals surface area contributed by atoms with E-state index in [1.54, 1.807) is 6.20 Å². The third kappa shape index (κ3) is 3.69. The predicted molar refractivity (Wildman–Crippen MR) is 98.9 cm³/mol. The van der Waals surface area contributed by atoms with Crippen LogP contribution in [0.3, 0.4) is 0 Å². The minimum atomic E-state index is 0.0269. The zero-order valence-corrected chi connectivity index (χ0v) is 15.7. The molecule has 3 rings (SSSR count). The second-order valence-corrected chi connectivity index (χ2v) is 6.85. The Balaban J connectivity index is 1.62. The van der Waals surface area contributed by atoms with Crippen LogP contribution in [0.1, 0.15) is 17.3 Å². The van der Waals surface area contributed by atoms with Gasteiger partial charge in [-0.25, -0.2) is 4.98 Å². The van der Waals surface area contributed by atoms with Crippen molar-refractivity contribution in [2.24, 2.45) is 0 Å². The van der Waals surface area contributed by atoms with Gasteiger partial charge in [0.15, 0.2) is 0 Å². The first-order chi connectivity index (χ1) is 11.6. The van der Waals surface area contributed by atoms with Gasteiger partial charge in [0.05, 0.1) is 18.3 Å². The van der Waals surface area contributed by atoms with Crippen molar-refractivity contribution in [1.29, 1.82) is 0 Å². The summed E-state index contributed by atoms with van der Waals surface area (Å²) in [5.74, 6) is 0.0662. The largest absolute Gasteiger partial charge is 0.355 e. The number of hydrogen-bond donors (Lipinski definition) is 1. The second kappa shape index (κ2) is 7.47. The zero-order valence-electron chi connectivity index (χ0n) is 13.5. The van der Waals surface area contributed by atoms with Crippen LogP contribution in [0.2, 0.25) is 0 Å². The molecule has 0 aromatic carbocycles. The Morgan fingerprint density at radius 3 is 2.71 bits per heavy atom. The first-order valence-electron chi connectivity index (χ1n) is 7.99. The molecule has 1 fully saturated rings. The van der Waals surface area contributed by atoms with E-state index >= 15 is 0 Å². The minimum Gasteiger partial charge on any atom is -0.355 e. The maximum Gasteiger partial charge on any atom is 0.255 e. The number of fused-ring (bicyclic) bond motifs is 1. The van der Waals surface area contributed by atoms with Gasteiger partial charge in [-0.05, 0) is 41.6 Å². The van der Waals surface area contributed by atoms with Crippen molar-refractivity contribution < 1.29 is 9.59 Å². The van der Waals surface area contributed by atoms with Gasteiger partial charge in [0.1, 0.15) is 9.35 Å². The highest BCUT2D eigenvalue weighted by Gasteiger charge is 2.23. The van der Waals surface area contributed by atoms with Crippen molar-refractivity contribution in [2.45, 2.75) is 6.92 Å². The molecule has 7 nitrogen and oxygen atoms in total. The number of nitrogens with one attached hydrogen (secondary N) is 1. The smallest absolute Gasteiger partial charge is 0.255 e. The Morgan fingerprint density at radius 2 is 2.00 bits per heavy atom. The van der Waals surface area contributed by atoms with Crippen molar-refractivity contribution in [3.05, 3.63) is 33.8 Å². The predicted octanol–water partition coefficient (Wildman–Crippen LogP) is 0.833. The molecule has 128 valence electrons. The van der Waals surface area contributed by atoms with Crippen molar-refractivity contribution >= 4 is 40.1 Å². The first kappa shape index (κ1) is 17.2. The van der Waals surface area contributed by atoms with E-state index in [0.29, 0.717) is 44.8 Å². The SMILES string of the molecule is CCNC(=O)CN1CCN(C(=O)c2ccc3ncc(I)n3c2)CC1. The molecule has 2 aromatic heterocycles. The quantitative estimate of drug-likeness (QED) is 0.715. The van der Waals surface area contributed by atoms with E-state index in [1.165, 1.54) is 0 Å². The van der Waals surface area contributed by atoms with Crippen LogP contribution in [0.15, 0.2) is 24.5 Å². The molecule has 1 aliphatic heterocycles. The summed E-state index contributed by atoms with van der Waals surface area (Å²) in [5.41, 5.74) is 1.50. The number of carbonyl (C=O) groups is 2. The van der Waals surface area contributed by atoms with Gasteiger partial charge in [0.2, 0.25) is 5.91 Å². The summed E-state index contributed by atoms with van der Waals surface area (Å²) in [6, 6.07) is 3.68. The molecule has 24 heavy (non-hydrogen) atoms. The molecule has 0 aliphatic carbocycles. The van der Waals surface area contributed by atoms with E-state index in [4.69, 9.17) is 0 Å². The van der Waals surface area contributed by atoms with Gasteiger partial charge in [-0.2, -0.15) is 0 Å². The normalized spacial score (nSPS) is 15.7. The first-order valence-corrected chi connectivity index (χ1v) is 9.07. The molecule has 2 amide bonds. The molecule has 1 N–H and O–H groups in total. The van der Waals surface area contributed by atoms with Gasteiger partial charge in [-0.15, -0.1) is 0 Å². The third-order valence-electron chi connectivity index (χ3n) is 4.11. The zero-order chi connectivity index (χ0) is 17.1. The fourth-order valence-corrected chi connectivity index (χ4v) is 3.35. The second-order valence-electron chi connectivity index (χ2n) is 5.75. The average molecular weight is 441 g/mol. The Morgan fingerprint density at radius 1 is 1.25 bits per heavy atom. The van der Waals surface area contributed by atoms with Crippen LogP contribution < -0.4 is 5.32 Å². The number of pyridine rings is 1. The summed E-state index contributed by atoms with van der Waals surface area (Å²) in [6.45, 7) is 5.66. The van der Waals surface area contributed by atoms with Gasteiger partial charge >= 0.3 is 0 Å². The van der Waals surface area contributed by atoms with Gasteiger partial charge in [-0.3, -0.25) is 18.9 Å². The number of carbonyl (C=O) groups excluding carboxylic acids is 2. The number of likely N-dealkylation sites (N-methyl/N-ethyl adjacent to an activating group) is 1. The maximum absolute atomic E-state index is 12.7. The highest BCUT2D eigenvalue weighted by atomic mass is 127. The van der Waals surface area contributed by atoms with Gasteiger partial charge in [0.25, 0.3) is 5.91 Å². The lowest BCUT2D eigenvalue weighted by Gasteiger charge is -2.34. The van der Waals surface area contributed by atoms with Gasteiger partial charge in [0, 0.05) is 38.9 Å². The fourth-order valence-electron chi connectivity index (χ4n) is 2.83. The van der Waals surface area contributed by atoms with Crippen molar-refractivity contribution in [3.63, 3.8) is 0 Å². The highest BCUT2D eigenvalue weighted by Crippen LogP contribution is 2.14. The van der Waals surface area contributed by atoms with Gasteiger partial charge in [-0.1, -0.05) is 0 Å². The fraction of sp³-hybridized carbons (Fsp3) is 0.438. The topological polar surface area (TPSA) is 70.0 Å². The molecule has 1 saturated heterocycles. The lowest BCUT2D eigenvalue weighted by molar-refractivity contribution is -0.122. The van der Waals surface area contributed by atoms with Gasteiger partial charge < -0.3 is 10.2 Å². The lowest BCUT2D eigenvalue weighted by Crippen LogP contribution is -2.51. The number of halogens is 1. The number of rotatable bonds is 4. The summed E-state index contributed by atoms with van der Waals surface area (Å²) < 4.78 is 2.89. The summed E-state index contributed by atoms with van der Waals surface area (Å²) in [4.78, 5) is 32.5. The minimum absolute atomic E-state index is 0.0269. The number of piperazine rings is 1. The van der Waals surface area contributed by atoms with Crippen LogP contribution in [0.25, 0.3) is 5.65 Å². The number of nitrogens with zero attached hydrogens (tertiary/aromatic N) is 4. The summed E-state index contributed by atoms with van der Waals surface area (Å²) in [6.07, 6.45) is 3.62. The molecule has 0 spiro atoms. The Bertz CT molecular complexity index is 752. The van der Waals surface area contributed by atoms with Crippen LogP contribution in [0.5, 0.6) is 0 Å². The molecular formula is C16H20IN5O2. The Labute approximate surface area is 154 Å². The van der Waals surface area contributed by atoms with E-state index in [9.17, 15) is 9.59 Å². The molecule has 0 saturated carbocycles. The van der Waals surface area contributed by atoms with E-state index in [2.05, 4.69) is 37.8 Å². The van der Waals surface area contributed by atoms with Crippen molar-refractivity contribution in [1.82, 2.24) is 24.5 Å². The summed E-state index contributed by atoms with van der Waals surface area (Å²) in [7, 11) is 0.